The van der Waals surface area contributed by atoms with E-state index < -0.39 is 0 Å². The lowest BCUT2D eigenvalue weighted by molar-refractivity contribution is 0.0937. The Morgan fingerprint density at radius 3 is 3.06 bits per heavy atom. The molecule has 6 heteroatoms. The molecule has 0 saturated carbocycles. The molecule has 6 nitrogen and oxygen atoms in total. The molecule has 1 aromatic heterocycles. The molecular formula is C10H12N4O2. The van der Waals surface area contributed by atoms with E-state index in [1.54, 1.807) is 17.0 Å². The fraction of sp³-hybridized carbons (Fsp3) is 0.500. The van der Waals surface area contributed by atoms with Gasteiger partial charge in [-0.15, -0.1) is 5.10 Å². The maximum absolute atomic E-state index is 11.9. The summed E-state index contributed by atoms with van der Waals surface area (Å²) in [5, 5.41) is 11.0. The highest BCUT2D eigenvalue weighted by Gasteiger charge is 2.24. The minimum atomic E-state index is -0.170. The summed E-state index contributed by atoms with van der Waals surface area (Å²) >= 11 is 0. The molecule has 0 bridgehead atoms. The third kappa shape index (κ3) is 1.51. The molecule has 0 radical (unpaired) electrons. The van der Waals surface area contributed by atoms with Gasteiger partial charge in [-0.25, -0.2) is 4.68 Å². The molecule has 1 saturated heterocycles. The third-order valence-corrected chi connectivity index (χ3v) is 2.81. The summed E-state index contributed by atoms with van der Waals surface area (Å²) in [5.41, 5.74) is 0.361. The zero-order valence-electron chi connectivity index (χ0n) is 8.72. The summed E-state index contributed by atoms with van der Waals surface area (Å²) in [5.74, 6) is 0.231. The van der Waals surface area contributed by atoms with Crippen LogP contribution in [0.1, 0.15) is 23.0 Å². The molecule has 1 N–H and O–H groups in total. The number of hydrogen-bond donors (Lipinski definition) is 1. The van der Waals surface area contributed by atoms with Crippen LogP contribution in [0.5, 0.6) is 0 Å². The van der Waals surface area contributed by atoms with Crippen molar-refractivity contribution < 1.29 is 9.53 Å². The number of hydrogen-bond acceptors (Lipinski definition) is 5. The first kappa shape index (κ1) is 9.53. The predicted molar refractivity (Wildman–Crippen MR) is 54.9 cm³/mol. The van der Waals surface area contributed by atoms with Crippen LogP contribution in [0.4, 0.5) is 0 Å². The first-order valence-corrected chi connectivity index (χ1v) is 5.35. The molecule has 0 amide bonds. The van der Waals surface area contributed by atoms with Crippen LogP contribution in [0, 0.1) is 0 Å². The summed E-state index contributed by atoms with van der Waals surface area (Å²) in [6, 6.07) is 0.326. The molecule has 2 aliphatic rings. The molecule has 0 spiro atoms. The average molecular weight is 220 g/mol. The van der Waals surface area contributed by atoms with Crippen molar-refractivity contribution in [1.82, 2.24) is 20.3 Å². The van der Waals surface area contributed by atoms with E-state index >= 15 is 0 Å². The number of rotatable bonds is 3. The summed E-state index contributed by atoms with van der Waals surface area (Å²) in [7, 11) is 0. The highest BCUT2D eigenvalue weighted by Crippen LogP contribution is 2.16. The standard InChI is InChI=1S/C10H12N4O2/c15-10(9-2-1-3-16-9)8-6-14(13-12-8)7-4-11-5-7/h2,6-7,11H,1,3-5H2. The number of Topliss-reactive ketones (excluding diaryl/α,β-unsaturated/α-hetero) is 1. The highest BCUT2D eigenvalue weighted by atomic mass is 16.5. The van der Waals surface area contributed by atoms with Crippen molar-refractivity contribution in [2.75, 3.05) is 19.7 Å². The van der Waals surface area contributed by atoms with E-state index in [9.17, 15) is 4.79 Å². The van der Waals surface area contributed by atoms with E-state index in [1.165, 1.54) is 0 Å². The van der Waals surface area contributed by atoms with Crippen LogP contribution in [-0.2, 0) is 4.74 Å². The molecule has 0 unspecified atom stereocenters. The largest absolute Gasteiger partial charge is 0.489 e. The SMILES string of the molecule is O=C(C1=CCCO1)c1cn(C2CNC2)nn1. The smallest absolute Gasteiger partial charge is 0.249 e. The Balaban J connectivity index is 1.78. The lowest BCUT2D eigenvalue weighted by Crippen LogP contribution is -2.43. The molecule has 0 aromatic carbocycles. The second kappa shape index (κ2) is 3.71. The van der Waals surface area contributed by atoms with Gasteiger partial charge in [-0.05, 0) is 6.08 Å². The van der Waals surface area contributed by atoms with Gasteiger partial charge in [-0.3, -0.25) is 4.79 Å². The molecule has 0 aliphatic carbocycles. The van der Waals surface area contributed by atoms with Gasteiger partial charge in [0.1, 0.15) is 0 Å². The van der Waals surface area contributed by atoms with Crippen LogP contribution in [-0.4, -0.2) is 40.5 Å². The average Bonchev–Trinajstić information content (AvgIpc) is 2.84. The third-order valence-electron chi connectivity index (χ3n) is 2.81. The number of ketones is 1. The molecular weight excluding hydrogens is 208 g/mol. The molecule has 3 rings (SSSR count). The van der Waals surface area contributed by atoms with Gasteiger partial charge in [-0.2, -0.15) is 0 Å². The van der Waals surface area contributed by atoms with Crippen LogP contribution in [0.3, 0.4) is 0 Å². The number of allylic oxidation sites excluding steroid dienone is 1. The maximum Gasteiger partial charge on any atom is 0.249 e. The lowest BCUT2D eigenvalue weighted by atomic mass is 10.2. The zero-order chi connectivity index (χ0) is 11.0. The molecule has 1 aromatic rings. The number of nitrogens with zero attached hydrogens (tertiary/aromatic N) is 3. The Morgan fingerprint density at radius 2 is 2.44 bits per heavy atom. The van der Waals surface area contributed by atoms with Gasteiger partial charge < -0.3 is 10.1 Å². The quantitative estimate of drug-likeness (QED) is 0.721. The van der Waals surface area contributed by atoms with E-state index in [4.69, 9.17) is 4.74 Å². The lowest BCUT2D eigenvalue weighted by Gasteiger charge is -2.26. The Morgan fingerprint density at radius 1 is 1.56 bits per heavy atom. The summed E-state index contributed by atoms with van der Waals surface area (Å²) in [6.07, 6.45) is 4.28. The molecule has 16 heavy (non-hydrogen) atoms. The van der Waals surface area contributed by atoms with E-state index in [1.807, 2.05) is 0 Å². The van der Waals surface area contributed by atoms with Crippen LogP contribution in [0.2, 0.25) is 0 Å². The topological polar surface area (TPSA) is 69.0 Å². The van der Waals surface area contributed by atoms with Crippen molar-refractivity contribution in [2.24, 2.45) is 0 Å². The monoisotopic (exact) mass is 220 g/mol. The van der Waals surface area contributed by atoms with E-state index in [-0.39, 0.29) is 5.78 Å². The summed E-state index contributed by atoms with van der Waals surface area (Å²) in [4.78, 5) is 11.9. The van der Waals surface area contributed by atoms with Crippen LogP contribution < -0.4 is 5.32 Å². The van der Waals surface area contributed by atoms with Gasteiger partial charge in [0.2, 0.25) is 5.78 Å². The second-order valence-corrected chi connectivity index (χ2v) is 3.93. The Bertz CT molecular complexity index is 447. The summed E-state index contributed by atoms with van der Waals surface area (Å²) in [6.45, 7) is 2.36. The molecule has 0 atom stereocenters. The van der Waals surface area contributed by atoms with Crippen LogP contribution in [0.15, 0.2) is 18.0 Å². The van der Waals surface area contributed by atoms with Crippen molar-refractivity contribution in [2.45, 2.75) is 12.5 Å². The highest BCUT2D eigenvalue weighted by molar-refractivity contribution is 6.05. The Labute approximate surface area is 92.3 Å². The van der Waals surface area contributed by atoms with Gasteiger partial charge in [0.05, 0.1) is 18.8 Å². The number of carbonyl (C=O) groups excluding carboxylic acids is 1. The molecule has 84 valence electrons. The Hall–Kier alpha value is -1.69. The molecule has 2 aliphatic heterocycles. The van der Waals surface area contributed by atoms with Crippen molar-refractivity contribution in [3.8, 4) is 0 Å². The predicted octanol–water partition coefficient (Wildman–Crippen LogP) is -0.0907. The van der Waals surface area contributed by atoms with E-state index in [0.717, 1.165) is 19.5 Å². The van der Waals surface area contributed by atoms with Crippen LogP contribution in [0.25, 0.3) is 0 Å². The fourth-order valence-electron chi connectivity index (χ4n) is 1.72. The molecule has 3 heterocycles. The van der Waals surface area contributed by atoms with Crippen molar-refractivity contribution in [1.29, 1.82) is 0 Å². The van der Waals surface area contributed by atoms with Gasteiger partial charge >= 0.3 is 0 Å². The zero-order valence-corrected chi connectivity index (χ0v) is 8.72. The Kier molecular flexibility index (Phi) is 2.21. The normalized spacial score (nSPS) is 20.1. The van der Waals surface area contributed by atoms with E-state index in [2.05, 4.69) is 15.6 Å². The van der Waals surface area contributed by atoms with Gasteiger partial charge in [0, 0.05) is 19.5 Å². The number of nitrogens with one attached hydrogen (secondary N) is 1. The summed E-state index contributed by atoms with van der Waals surface area (Å²) < 4.78 is 6.94. The molecule has 1 fully saturated rings. The van der Waals surface area contributed by atoms with Gasteiger partial charge in [0.25, 0.3) is 0 Å². The van der Waals surface area contributed by atoms with Crippen molar-refractivity contribution in [3.05, 3.63) is 23.7 Å². The van der Waals surface area contributed by atoms with Crippen molar-refractivity contribution in [3.63, 3.8) is 0 Å². The maximum atomic E-state index is 11.9. The number of ether oxygens (including phenoxy) is 1. The fourth-order valence-corrected chi connectivity index (χ4v) is 1.72. The number of carbonyl (C=O) groups is 1. The first-order chi connectivity index (χ1) is 7.84. The minimum absolute atomic E-state index is 0.170. The van der Waals surface area contributed by atoms with Crippen molar-refractivity contribution >= 4 is 5.78 Å². The van der Waals surface area contributed by atoms with Gasteiger partial charge in [-0.1, -0.05) is 5.21 Å². The number of aromatic nitrogens is 3. The first-order valence-electron chi connectivity index (χ1n) is 5.35. The van der Waals surface area contributed by atoms with E-state index in [0.29, 0.717) is 24.1 Å². The minimum Gasteiger partial charge on any atom is -0.489 e. The van der Waals surface area contributed by atoms with Crippen LogP contribution >= 0.6 is 0 Å². The van der Waals surface area contributed by atoms with Gasteiger partial charge in [0.15, 0.2) is 11.5 Å². The second-order valence-electron chi connectivity index (χ2n) is 3.93.